The van der Waals surface area contributed by atoms with Crippen LogP contribution in [0.3, 0.4) is 0 Å². The van der Waals surface area contributed by atoms with E-state index in [9.17, 15) is 20.4 Å². The highest BCUT2D eigenvalue weighted by Gasteiger charge is 2.20. The van der Waals surface area contributed by atoms with E-state index in [4.69, 9.17) is 0 Å². The zero-order valence-corrected chi connectivity index (χ0v) is 19.6. The molecule has 4 aromatic carbocycles. The second-order valence-corrected chi connectivity index (χ2v) is 11.2. The number of phenols is 4. The van der Waals surface area contributed by atoms with E-state index in [-0.39, 0.29) is 11.5 Å². The minimum atomic E-state index is 0.274. The third-order valence-corrected chi connectivity index (χ3v) is 9.81. The van der Waals surface area contributed by atoms with Crippen molar-refractivity contribution in [2.75, 3.05) is 0 Å². The van der Waals surface area contributed by atoms with Crippen LogP contribution in [0.5, 0.6) is 23.0 Å². The second-order valence-electron chi connectivity index (χ2n) is 6.88. The van der Waals surface area contributed by atoms with Gasteiger partial charge in [-0.3, -0.25) is 0 Å². The molecule has 4 aromatic rings. The van der Waals surface area contributed by atoms with Crippen LogP contribution in [0.25, 0.3) is 0 Å². The van der Waals surface area contributed by atoms with Crippen LogP contribution in [-0.2, 0) is 0 Å². The van der Waals surface area contributed by atoms with E-state index in [1.165, 1.54) is 23.5 Å². The van der Waals surface area contributed by atoms with Gasteiger partial charge in [-0.2, -0.15) is 0 Å². The molecule has 2 heterocycles. The molecule has 0 fully saturated rings. The molecule has 0 saturated heterocycles. The normalized spacial score (nSPS) is 13.0. The Hall–Kier alpha value is -2.52. The van der Waals surface area contributed by atoms with E-state index in [1.54, 1.807) is 59.9 Å². The molecule has 0 spiro atoms. The van der Waals surface area contributed by atoms with Gasteiger partial charge in [0.25, 0.3) is 0 Å². The third-order valence-electron chi connectivity index (χ3n) is 4.63. The maximum absolute atomic E-state index is 9.75. The molecule has 0 aromatic heterocycles. The van der Waals surface area contributed by atoms with Gasteiger partial charge in [0.1, 0.15) is 23.0 Å². The summed E-state index contributed by atoms with van der Waals surface area (Å²) in [5.74, 6) is 1.17. The van der Waals surface area contributed by atoms with Crippen molar-refractivity contribution in [3.63, 3.8) is 0 Å². The van der Waals surface area contributed by atoms with Gasteiger partial charge in [-0.25, -0.2) is 0 Å². The Bertz CT molecular complexity index is 1240. The van der Waals surface area contributed by atoms with E-state index < -0.39 is 0 Å². The van der Waals surface area contributed by atoms with Gasteiger partial charge in [0.15, 0.2) is 0 Å². The lowest BCUT2D eigenvalue weighted by Crippen LogP contribution is -1.89. The molecule has 160 valence electrons. The Balaban J connectivity index is 0.000000135. The number of phenolic OH excluding ortho intramolecular Hbond substituents is 4. The van der Waals surface area contributed by atoms with Crippen molar-refractivity contribution in [3.05, 3.63) is 72.8 Å². The molecule has 0 radical (unpaired) electrons. The maximum Gasteiger partial charge on any atom is 0.130 e. The van der Waals surface area contributed by atoms with Crippen molar-refractivity contribution < 1.29 is 20.4 Å². The zero-order valence-electron chi connectivity index (χ0n) is 16.4. The molecule has 6 rings (SSSR count). The predicted molar refractivity (Wildman–Crippen MR) is 129 cm³/mol. The molecule has 0 saturated carbocycles. The van der Waals surface area contributed by atoms with E-state index in [0.29, 0.717) is 11.5 Å². The summed E-state index contributed by atoms with van der Waals surface area (Å²) in [6.07, 6.45) is 0. The molecule has 0 bridgehead atoms. The Morgan fingerprint density at radius 3 is 1.28 bits per heavy atom. The van der Waals surface area contributed by atoms with Crippen molar-refractivity contribution in [1.82, 2.24) is 0 Å². The topological polar surface area (TPSA) is 80.9 Å². The molecule has 0 amide bonds. The highest BCUT2D eigenvalue weighted by atomic mass is 32.2. The average molecular weight is 497 g/mol. The smallest absolute Gasteiger partial charge is 0.130 e. The number of benzene rings is 4. The Morgan fingerprint density at radius 1 is 0.406 bits per heavy atom. The summed E-state index contributed by atoms with van der Waals surface area (Å²) in [6.45, 7) is 0. The first-order valence-electron chi connectivity index (χ1n) is 9.49. The molecule has 0 atom stereocenters. The molecule has 2 aliphatic rings. The van der Waals surface area contributed by atoms with E-state index in [1.807, 2.05) is 36.4 Å². The molecule has 0 unspecified atom stereocenters. The van der Waals surface area contributed by atoms with Crippen molar-refractivity contribution in [3.8, 4) is 23.0 Å². The number of rotatable bonds is 0. The van der Waals surface area contributed by atoms with Gasteiger partial charge in [0, 0.05) is 29.4 Å². The first-order chi connectivity index (χ1) is 15.5. The third kappa shape index (κ3) is 4.23. The number of fused-ring (bicyclic) bond motifs is 4. The summed E-state index contributed by atoms with van der Waals surface area (Å²) in [5.41, 5.74) is 0. The lowest BCUT2D eigenvalue weighted by Gasteiger charge is -2.18. The van der Waals surface area contributed by atoms with Gasteiger partial charge in [0.05, 0.1) is 9.79 Å². The number of hydrogen-bond acceptors (Lipinski definition) is 8. The van der Waals surface area contributed by atoms with Gasteiger partial charge in [-0.15, -0.1) is 0 Å². The average Bonchev–Trinajstić information content (AvgIpc) is 2.78. The molecule has 4 N–H and O–H groups in total. The molecule has 4 nitrogen and oxygen atoms in total. The highest BCUT2D eigenvalue weighted by molar-refractivity contribution is 8.05. The van der Waals surface area contributed by atoms with Gasteiger partial charge in [-0.1, -0.05) is 59.2 Å². The SMILES string of the molecule is Oc1ccc2c(c1)Sc1cccc(O)c1S2.Oc1ccc2c(c1)Sc1cccc(O)c1S2. The van der Waals surface area contributed by atoms with Crippen LogP contribution in [0.1, 0.15) is 0 Å². The molecular weight excluding hydrogens is 481 g/mol. The highest BCUT2D eigenvalue weighted by Crippen LogP contribution is 2.53. The van der Waals surface area contributed by atoms with Crippen molar-refractivity contribution >= 4 is 47.0 Å². The van der Waals surface area contributed by atoms with Crippen LogP contribution in [0.15, 0.2) is 112 Å². The summed E-state index contributed by atoms with van der Waals surface area (Å²) in [7, 11) is 0. The molecule has 32 heavy (non-hydrogen) atoms. The first kappa shape index (κ1) is 21.3. The minimum absolute atomic E-state index is 0.274. The van der Waals surface area contributed by atoms with Crippen LogP contribution in [-0.4, -0.2) is 20.4 Å². The lowest BCUT2D eigenvalue weighted by molar-refractivity contribution is 0.458. The van der Waals surface area contributed by atoms with Crippen molar-refractivity contribution in [2.24, 2.45) is 0 Å². The Morgan fingerprint density at radius 2 is 0.844 bits per heavy atom. The summed E-state index contributed by atoms with van der Waals surface area (Å²) < 4.78 is 0. The standard InChI is InChI=1S/2C12H8O2S2/c2*13-7-4-5-9-11(6-7)15-10-3-1-2-8(14)12(10)16-9/h2*1-6,13-14H. The quantitative estimate of drug-likeness (QED) is 0.173. The van der Waals surface area contributed by atoms with Crippen LogP contribution >= 0.6 is 47.0 Å². The van der Waals surface area contributed by atoms with E-state index >= 15 is 0 Å². The summed E-state index contributed by atoms with van der Waals surface area (Å²) >= 11 is 6.21. The van der Waals surface area contributed by atoms with E-state index in [0.717, 1.165) is 39.2 Å². The molecule has 8 heteroatoms. The molecular formula is C24H16O4S4. The fourth-order valence-corrected chi connectivity index (χ4v) is 7.72. The van der Waals surface area contributed by atoms with Crippen molar-refractivity contribution in [1.29, 1.82) is 0 Å². The lowest BCUT2D eigenvalue weighted by atomic mass is 10.3. The van der Waals surface area contributed by atoms with E-state index in [2.05, 4.69) is 0 Å². The summed E-state index contributed by atoms with van der Waals surface area (Å²) in [5, 5.41) is 38.3. The number of hydrogen-bond donors (Lipinski definition) is 4. The number of aromatic hydroxyl groups is 4. The van der Waals surface area contributed by atoms with Crippen LogP contribution in [0.2, 0.25) is 0 Å². The Kier molecular flexibility index (Phi) is 5.86. The Labute approximate surface area is 201 Å². The van der Waals surface area contributed by atoms with Crippen LogP contribution in [0.4, 0.5) is 0 Å². The molecule has 2 aliphatic heterocycles. The fourth-order valence-electron chi connectivity index (χ4n) is 3.15. The second kappa shape index (κ2) is 8.78. The van der Waals surface area contributed by atoms with Crippen LogP contribution in [0, 0.1) is 0 Å². The van der Waals surface area contributed by atoms with Gasteiger partial charge in [-0.05, 0) is 60.7 Å². The van der Waals surface area contributed by atoms with Crippen LogP contribution < -0.4 is 0 Å². The maximum atomic E-state index is 9.75. The minimum Gasteiger partial charge on any atom is -0.508 e. The first-order valence-corrected chi connectivity index (χ1v) is 12.8. The van der Waals surface area contributed by atoms with Gasteiger partial charge >= 0.3 is 0 Å². The van der Waals surface area contributed by atoms with Gasteiger partial charge in [0.2, 0.25) is 0 Å². The van der Waals surface area contributed by atoms with Crippen molar-refractivity contribution in [2.45, 2.75) is 39.2 Å². The summed E-state index contributed by atoms with van der Waals surface area (Å²) in [6, 6.07) is 21.6. The molecule has 0 aliphatic carbocycles. The summed E-state index contributed by atoms with van der Waals surface area (Å²) in [4.78, 5) is 8.04. The fraction of sp³-hybridized carbons (Fsp3) is 0. The largest absolute Gasteiger partial charge is 0.508 e. The monoisotopic (exact) mass is 496 g/mol. The van der Waals surface area contributed by atoms with Gasteiger partial charge < -0.3 is 20.4 Å². The predicted octanol–water partition coefficient (Wildman–Crippen LogP) is 7.43. The zero-order chi connectivity index (χ0) is 22.2.